The third-order valence-corrected chi connectivity index (χ3v) is 16.4. The van der Waals surface area contributed by atoms with E-state index >= 15 is 0 Å². The zero-order chi connectivity index (χ0) is 52.4. The highest BCUT2D eigenvalue weighted by Crippen LogP contribution is 2.46. The zero-order valence-electron chi connectivity index (χ0n) is 43.2. The van der Waals surface area contributed by atoms with Gasteiger partial charge in [0.15, 0.2) is 0 Å². The molecule has 0 unspecified atom stereocenters. The van der Waals surface area contributed by atoms with Crippen LogP contribution >= 0.6 is 0 Å². The number of hydrogen-bond acceptors (Lipinski definition) is 4. The van der Waals surface area contributed by atoms with E-state index < -0.39 is 0 Å². The lowest BCUT2D eigenvalue weighted by Gasteiger charge is -2.26. The zero-order valence-corrected chi connectivity index (χ0v) is 43.2. The van der Waals surface area contributed by atoms with Crippen molar-refractivity contribution in [3.05, 3.63) is 279 Å². The number of anilines is 6. The largest absolute Gasteiger partial charge is 0.456 e. The van der Waals surface area contributed by atoms with Crippen molar-refractivity contribution in [1.82, 2.24) is 9.13 Å². The van der Waals surface area contributed by atoms with Crippen molar-refractivity contribution in [1.29, 1.82) is 0 Å². The quantitative estimate of drug-likeness (QED) is 0.152. The Kier molecular flexibility index (Phi) is 9.61. The average Bonchev–Trinajstić information content (AvgIpc) is 4.38. The molecule has 0 radical (unpaired) electrons. The molecule has 6 nitrogen and oxygen atoms in total. The highest BCUT2D eigenvalue weighted by Gasteiger charge is 2.22. The van der Waals surface area contributed by atoms with Crippen LogP contribution in [0.4, 0.5) is 34.1 Å². The first-order valence-electron chi connectivity index (χ1n) is 27.2. The summed E-state index contributed by atoms with van der Waals surface area (Å²) in [5.74, 6) is 0. The predicted molar refractivity (Wildman–Crippen MR) is 334 cm³/mol. The van der Waals surface area contributed by atoms with Gasteiger partial charge in [-0.2, -0.15) is 0 Å². The van der Waals surface area contributed by atoms with Crippen LogP contribution < -0.4 is 9.80 Å². The van der Waals surface area contributed by atoms with Crippen molar-refractivity contribution < 1.29 is 8.83 Å². The topological polar surface area (TPSA) is 42.6 Å². The monoisotopic (exact) mass is 1020 g/mol. The summed E-state index contributed by atoms with van der Waals surface area (Å²) in [4.78, 5) is 4.71. The SMILES string of the molecule is c1ccc(N(c2ccc3cc4c(cc3c2)oc2c4ccc3oc4cc5cc(N(c6ccccc6)c6ccc7c(c6)c6ccccc6n7-c6ccccc6)ccc5cc4c32)c2ccc3c(c2)c2ccccc2n3-c2ccccc2)cc1. The number of furan rings is 2. The Bertz CT molecular complexity index is 5310. The van der Waals surface area contributed by atoms with Crippen molar-refractivity contribution in [2.75, 3.05) is 9.80 Å². The van der Waals surface area contributed by atoms with Crippen molar-refractivity contribution >= 4 is 143 Å². The third-order valence-electron chi connectivity index (χ3n) is 16.4. The average molecular weight is 1020 g/mol. The molecule has 0 amide bonds. The Morgan fingerprint density at radius 2 is 0.662 bits per heavy atom. The van der Waals surface area contributed by atoms with Gasteiger partial charge in [0, 0.05) is 83.2 Å². The summed E-state index contributed by atoms with van der Waals surface area (Å²) < 4.78 is 18.5. The highest BCUT2D eigenvalue weighted by atomic mass is 16.3. The Hall–Kier alpha value is -10.8. The number of para-hydroxylation sites is 6. The van der Waals surface area contributed by atoms with E-state index in [-0.39, 0.29) is 0 Å². The molecule has 80 heavy (non-hydrogen) atoms. The van der Waals surface area contributed by atoms with Crippen molar-refractivity contribution in [3.63, 3.8) is 0 Å². The molecular formula is C74H46N4O2. The minimum absolute atomic E-state index is 0.796. The molecular weight excluding hydrogens is 977 g/mol. The van der Waals surface area contributed by atoms with Crippen molar-refractivity contribution in [2.45, 2.75) is 0 Å². The predicted octanol–water partition coefficient (Wildman–Crippen LogP) is 20.9. The fourth-order valence-corrected chi connectivity index (χ4v) is 12.8. The third kappa shape index (κ3) is 6.79. The van der Waals surface area contributed by atoms with Crippen LogP contribution in [0.25, 0.3) is 120 Å². The summed E-state index contributed by atoms with van der Waals surface area (Å²) >= 11 is 0. The van der Waals surface area contributed by atoms with Gasteiger partial charge in [-0.1, -0.05) is 121 Å². The first kappa shape index (κ1) is 44.3. The van der Waals surface area contributed by atoms with Crippen LogP contribution in [0.5, 0.6) is 0 Å². The van der Waals surface area contributed by atoms with E-state index in [4.69, 9.17) is 8.83 Å². The van der Waals surface area contributed by atoms with Crippen LogP contribution in [-0.4, -0.2) is 9.13 Å². The van der Waals surface area contributed by atoms with Crippen LogP contribution in [0.2, 0.25) is 0 Å². The molecule has 0 atom stereocenters. The van der Waals surface area contributed by atoms with E-state index in [1.54, 1.807) is 0 Å². The molecule has 0 aliphatic rings. The summed E-state index contributed by atoms with van der Waals surface area (Å²) in [5, 5.41) is 13.4. The molecule has 0 aliphatic carbocycles. The fraction of sp³-hybridized carbons (Fsp3) is 0. The standard InChI is InChI=1S/C74H46N4O2/c1-5-17-51(18-6-1)75(57-33-36-68-62(45-57)59-25-13-15-27-66(59)77(68)53-21-9-3-10-22-53)55-31-29-47-41-64-61-35-38-70-73(74(61)80-71(64)43-49(47)39-55)65-42-48-30-32-56(40-50(48)44-72(65)79-70)76(52-19-7-2-8-20-52)58-34-37-69-63(46-58)60-26-14-16-28-67(60)78(69)54-23-11-4-12-24-54/h1-46H. The lowest BCUT2D eigenvalue weighted by molar-refractivity contribution is 0.663. The van der Waals surface area contributed by atoms with E-state index in [2.05, 4.69) is 298 Å². The summed E-state index contributed by atoms with van der Waals surface area (Å²) in [6.07, 6.45) is 0. The first-order chi connectivity index (χ1) is 39.6. The van der Waals surface area contributed by atoms with Crippen LogP contribution in [0.1, 0.15) is 0 Å². The second-order valence-corrected chi connectivity index (χ2v) is 20.9. The molecule has 0 saturated heterocycles. The number of rotatable bonds is 8. The summed E-state index contributed by atoms with van der Waals surface area (Å²) in [7, 11) is 0. The molecule has 17 aromatic rings. The van der Waals surface area contributed by atoms with E-state index in [9.17, 15) is 0 Å². The fourth-order valence-electron chi connectivity index (χ4n) is 12.8. The van der Waals surface area contributed by atoms with Gasteiger partial charge in [0.2, 0.25) is 0 Å². The van der Waals surface area contributed by atoms with E-state index in [1.165, 1.54) is 43.6 Å². The maximum absolute atomic E-state index is 7.00. The Labute approximate surface area is 459 Å². The molecule has 0 saturated carbocycles. The number of aromatic nitrogens is 2. The minimum Gasteiger partial charge on any atom is -0.456 e. The van der Waals surface area contributed by atoms with E-state index in [0.717, 1.165) is 111 Å². The van der Waals surface area contributed by atoms with Gasteiger partial charge in [-0.25, -0.2) is 0 Å². The van der Waals surface area contributed by atoms with E-state index in [0.29, 0.717) is 0 Å². The summed E-state index contributed by atoms with van der Waals surface area (Å²) in [5.41, 5.74) is 16.7. The molecule has 6 heteroatoms. The van der Waals surface area contributed by atoms with Gasteiger partial charge >= 0.3 is 0 Å². The highest BCUT2D eigenvalue weighted by molar-refractivity contribution is 6.24. The van der Waals surface area contributed by atoms with Crippen LogP contribution in [0.3, 0.4) is 0 Å². The first-order valence-corrected chi connectivity index (χ1v) is 27.2. The second kappa shape index (κ2) is 17.3. The van der Waals surface area contributed by atoms with Gasteiger partial charge < -0.3 is 27.8 Å². The normalized spacial score (nSPS) is 12.0. The van der Waals surface area contributed by atoms with Crippen molar-refractivity contribution in [2.24, 2.45) is 0 Å². The molecule has 4 heterocycles. The van der Waals surface area contributed by atoms with Gasteiger partial charge in [0.1, 0.15) is 22.3 Å². The van der Waals surface area contributed by atoms with Gasteiger partial charge in [-0.15, -0.1) is 0 Å². The maximum Gasteiger partial charge on any atom is 0.147 e. The van der Waals surface area contributed by atoms with Crippen LogP contribution in [0.15, 0.2) is 288 Å². The second-order valence-electron chi connectivity index (χ2n) is 20.9. The summed E-state index contributed by atoms with van der Waals surface area (Å²) in [6.45, 7) is 0. The Morgan fingerprint density at radius 1 is 0.237 bits per heavy atom. The number of nitrogens with zero attached hydrogens (tertiary/aromatic N) is 4. The molecule has 374 valence electrons. The molecule has 0 fully saturated rings. The van der Waals surface area contributed by atoms with E-state index in [1.807, 2.05) is 0 Å². The van der Waals surface area contributed by atoms with Gasteiger partial charge in [0.05, 0.1) is 27.5 Å². The molecule has 0 bridgehead atoms. The van der Waals surface area contributed by atoms with Gasteiger partial charge in [-0.3, -0.25) is 0 Å². The summed E-state index contributed by atoms with van der Waals surface area (Å²) in [6, 6.07) is 100. The lowest BCUT2D eigenvalue weighted by atomic mass is 10.0. The van der Waals surface area contributed by atoms with Crippen molar-refractivity contribution in [3.8, 4) is 11.4 Å². The molecule has 4 aromatic heterocycles. The molecule has 13 aromatic carbocycles. The van der Waals surface area contributed by atoms with Gasteiger partial charge in [0.25, 0.3) is 0 Å². The molecule has 0 aliphatic heterocycles. The number of hydrogen-bond donors (Lipinski definition) is 0. The maximum atomic E-state index is 7.00. The minimum atomic E-state index is 0.796. The molecule has 17 rings (SSSR count). The van der Waals surface area contributed by atoms with Crippen LogP contribution in [-0.2, 0) is 0 Å². The number of fused-ring (bicyclic) bond motifs is 15. The lowest BCUT2D eigenvalue weighted by Crippen LogP contribution is -2.09. The Morgan fingerprint density at radius 3 is 1.19 bits per heavy atom. The van der Waals surface area contributed by atoms with Crippen LogP contribution in [0, 0.1) is 0 Å². The Balaban J connectivity index is 0.767. The van der Waals surface area contributed by atoms with Gasteiger partial charge in [-0.05, 0) is 179 Å². The smallest absolute Gasteiger partial charge is 0.147 e. The molecule has 0 N–H and O–H groups in total. The molecule has 0 spiro atoms. The number of benzene rings is 13.